The fourth-order valence-electron chi connectivity index (χ4n) is 3.00. The monoisotopic (exact) mass is 418 g/mol. The Kier molecular flexibility index (Phi) is 7.65. The molecule has 1 amide bonds. The average Bonchev–Trinajstić information content (AvgIpc) is 2.82. The summed E-state index contributed by atoms with van der Waals surface area (Å²) >= 11 is 0. The topological polar surface area (TPSA) is 69.7 Å². The van der Waals surface area contributed by atoms with Gasteiger partial charge in [-0.15, -0.1) is 0 Å². The largest absolute Gasteiger partial charge is 0.497 e. The number of rotatable bonds is 9. The van der Waals surface area contributed by atoms with Gasteiger partial charge in [0.2, 0.25) is 5.91 Å². The molecule has 0 aliphatic carbocycles. The summed E-state index contributed by atoms with van der Waals surface area (Å²) in [5.74, 6) is 1.94. The van der Waals surface area contributed by atoms with Crippen molar-refractivity contribution in [2.75, 3.05) is 14.2 Å². The first-order valence-electron chi connectivity index (χ1n) is 9.92. The van der Waals surface area contributed by atoms with Crippen molar-refractivity contribution in [2.45, 2.75) is 19.6 Å². The molecule has 1 unspecified atom stereocenters. The second kappa shape index (κ2) is 10.8. The lowest BCUT2D eigenvalue weighted by atomic mass is 10.1. The third-order valence-electron chi connectivity index (χ3n) is 4.68. The summed E-state index contributed by atoms with van der Waals surface area (Å²) in [6.07, 6.45) is 5.00. The Morgan fingerprint density at radius 2 is 1.81 bits per heavy atom. The van der Waals surface area contributed by atoms with Gasteiger partial charge in [0.1, 0.15) is 23.9 Å². The van der Waals surface area contributed by atoms with E-state index in [1.807, 2.05) is 67.6 Å². The predicted octanol–water partition coefficient (Wildman–Crippen LogP) is 4.57. The zero-order chi connectivity index (χ0) is 22.1. The van der Waals surface area contributed by atoms with Crippen LogP contribution in [0.15, 0.2) is 72.9 Å². The molecule has 1 heterocycles. The van der Waals surface area contributed by atoms with E-state index < -0.39 is 0 Å². The highest BCUT2D eigenvalue weighted by atomic mass is 16.5. The van der Waals surface area contributed by atoms with Crippen LogP contribution < -0.4 is 19.5 Å². The SMILES string of the molecule is COc1ccc(OC)c(C(C)NC(=O)/C=C/c2ccc(OCc3ccccn3)cc2)c1. The predicted molar refractivity (Wildman–Crippen MR) is 120 cm³/mol. The summed E-state index contributed by atoms with van der Waals surface area (Å²) < 4.78 is 16.4. The number of methoxy groups -OCH3 is 2. The molecule has 0 aliphatic rings. The number of carbonyl (C=O) groups is 1. The summed E-state index contributed by atoms with van der Waals surface area (Å²) in [5.41, 5.74) is 2.61. The van der Waals surface area contributed by atoms with Gasteiger partial charge in [0.15, 0.2) is 0 Å². The van der Waals surface area contributed by atoms with E-state index in [9.17, 15) is 4.79 Å². The summed E-state index contributed by atoms with van der Waals surface area (Å²) in [5, 5.41) is 2.95. The lowest BCUT2D eigenvalue weighted by molar-refractivity contribution is -0.117. The molecular formula is C25H26N2O4. The Labute approximate surface area is 182 Å². The molecule has 3 rings (SSSR count). The van der Waals surface area contributed by atoms with Crippen molar-refractivity contribution in [2.24, 2.45) is 0 Å². The van der Waals surface area contributed by atoms with Gasteiger partial charge in [-0.05, 0) is 61.0 Å². The van der Waals surface area contributed by atoms with Crippen molar-refractivity contribution < 1.29 is 19.0 Å². The minimum atomic E-state index is -0.246. The first-order chi connectivity index (χ1) is 15.1. The first-order valence-corrected chi connectivity index (χ1v) is 9.92. The number of aromatic nitrogens is 1. The molecule has 6 heteroatoms. The van der Waals surface area contributed by atoms with Crippen LogP contribution in [0.4, 0.5) is 0 Å². The smallest absolute Gasteiger partial charge is 0.244 e. The van der Waals surface area contributed by atoms with Crippen LogP contribution in [0.2, 0.25) is 0 Å². The standard InChI is InChI=1S/C25H26N2O4/c1-18(23-16-22(29-2)12-13-24(23)30-3)27-25(28)14-9-19-7-10-21(11-8-19)31-17-20-6-4-5-15-26-20/h4-16,18H,17H2,1-3H3,(H,27,28)/b14-9+. The Hall–Kier alpha value is -3.80. The van der Waals surface area contributed by atoms with Crippen LogP contribution in [0.3, 0.4) is 0 Å². The molecule has 1 aromatic heterocycles. The minimum Gasteiger partial charge on any atom is -0.497 e. The van der Waals surface area contributed by atoms with E-state index in [2.05, 4.69) is 10.3 Å². The van der Waals surface area contributed by atoms with Gasteiger partial charge in [0, 0.05) is 17.8 Å². The van der Waals surface area contributed by atoms with E-state index in [1.54, 1.807) is 26.5 Å². The number of amides is 1. The van der Waals surface area contributed by atoms with E-state index in [4.69, 9.17) is 14.2 Å². The molecule has 0 spiro atoms. The molecular weight excluding hydrogens is 392 g/mol. The van der Waals surface area contributed by atoms with Crippen molar-refractivity contribution in [1.82, 2.24) is 10.3 Å². The van der Waals surface area contributed by atoms with Crippen LogP contribution in [0.1, 0.15) is 29.8 Å². The number of pyridine rings is 1. The average molecular weight is 418 g/mol. The van der Waals surface area contributed by atoms with Crippen LogP contribution in [-0.4, -0.2) is 25.1 Å². The molecule has 31 heavy (non-hydrogen) atoms. The maximum atomic E-state index is 12.4. The van der Waals surface area contributed by atoms with Crippen molar-refractivity contribution >= 4 is 12.0 Å². The number of hydrogen-bond donors (Lipinski definition) is 1. The van der Waals surface area contributed by atoms with Gasteiger partial charge in [-0.25, -0.2) is 0 Å². The number of nitrogens with zero attached hydrogens (tertiary/aromatic N) is 1. The Morgan fingerprint density at radius 1 is 1.03 bits per heavy atom. The quantitative estimate of drug-likeness (QED) is 0.516. The molecule has 1 N–H and O–H groups in total. The molecule has 0 bridgehead atoms. The van der Waals surface area contributed by atoms with Crippen molar-refractivity contribution in [3.63, 3.8) is 0 Å². The molecule has 160 valence electrons. The highest BCUT2D eigenvalue weighted by Crippen LogP contribution is 2.29. The van der Waals surface area contributed by atoms with Gasteiger partial charge in [0.05, 0.1) is 26.0 Å². The Morgan fingerprint density at radius 3 is 2.48 bits per heavy atom. The highest BCUT2D eigenvalue weighted by Gasteiger charge is 2.14. The van der Waals surface area contributed by atoms with Crippen molar-refractivity contribution in [3.05, 3.63) is 89.8 Å². The van der Waals surface area contributed by atoms with Crippen LogP contribution in [-0.2, 0) is 11.4 Å². The Bertz CT molecular complexity index is 1020. The Balaban J connectivity index is 1.56. The highest BCUT2D eigenvalue weighted by molar-refractivity contribution is 5.92. The maximum absolute atomic E-state index is 12.4. The molecule has 6 nitrogen and oxygen atoms in total. The van der Waals surface area contributed by atoms with E-state index in [0.717, 1.165) is 22.6 Å². The lowest BCUT2D eigenvalue weighted by Gasteiger charge is -2.17. The first kappa shape index (κ1) is 21.9. The second-order valence-electron chi connectivity index (χ2n) is 6.85. The van der Waals surface area contributed by atoms with Gasteiger partial charge < -0.3 is 19.5 Å². The van der Waals surface area contributed by atoms with Gasteiger partial charge in [-0.1, -0.05) is 18.2 Å². The van der Waals surface area contributed by atoms with Crippen LogP contribution >= 0.6 is 0 Å². The number of nitrogens with one attached hydrogen (secondary N) is 1. The summed E-state index contributed by atoms with van der Waals surface area (Å²) in [4.78, 5) is 16.6. The van der Waals surface area contributed by atoms with E-state index in [0.29, 0.717) is 18.1 Å². The van der Waals surface area contributed by atoms with Crippen molar-refractivity contribution in [3.8, 4) is 17.2 Å². The normalized spacial score (nSPS) is 11.7. The minimum absolute atomic E-state index is 0.201. The van der Waals surface area contributed by atoms with Crippen molar-refractivity contribution in [1.29, 1.82) is 0 Å². The number of ether oxygens (including phenoxy) is 3. The fraction of sp³-hybridized carbons (Fsp3) is 0.200. The van der Waals surface area contributed by atoms with Gasteiger partial charge in [-0.3, -0.25) is 9.78 Å². The summed E-state index contributed by atoms with van der Waals surface area (Å²) in [7, 11) is 3.20. The zero-order valence-corrected chi connectivity index (χ0v) is 17.9. The van der Waals surface area contributed by atoms with Gasteiger partial charge in [0.25, 0.3) is 0 Å². The van der Waals surface area contributed by atoms with E-state index >= 15 is 0 Å². The fourth-order valence-corrected chi connectivity index (χ4v) is 3.00. The summed E-state index contributed by atoms with van der Waals surface area (Å²) in [6.45, 7) is 2.31. The number of hydrogen-bond acceptors (Lipinski definition) is 5. The molecule has 0 saturated carbocycles. The molecule has 0 aliphatic heterocycles. The molecule has 1 atom stereocenters. The number of carbonyl (C=O) groups excluding carboxylic acids is 1. The van der Waals surface area contributed by atoms with Gasteiger partial charge >= 0.3 is 0 Å². The third kappa shape index (κ3) is 6.34. The number of benzene rings is 2. The molecule has 3 aromatic rings. The van der Waals surface area contributed by atoms with Gasteiger partial charge in [-0.2, -0.15) is 0 Å². The molecule has 0 radical (unpaired) electrons. The van der Waals surface area contributed by atoms with E-state index in [1.165, 1.54) is 6.08 Å². The molecule has 0 saturated heterocycles. The van der Waals surface area contributed by atoms with E-state index in [-0.39, 0.29) is 11.9 Å². The maximum Gasteiger partial charge on any atom is 0.244 e. The van der Waals surface area contributed by atoms with Crippen LogP contribution in [0.25, 0.3) is 6.08 Å². The third-order valence-corrected chi connectivity index (χ3v) is 4.68. The lowest BCUT2D eigenvalue weighted by Crippen LogP contribution is -2.25. The zero-order valence-electron chi connectivity index (χ0n) is 17.9. The molecule has 2 aromatic carbocycles. The van der Waals surface area contributed by atoms with Crippen LogP contribution in [0.5, 0.6) is 17.2 Å². The molecule has 0 fully saturated rings. The summed E-state index contributed by atoms with van der Waals surface area (Å²) in [6, 6.07) is 18.5. The van der Waals surface area contributed by atoms with Crippen LogP contribution in [0, 0.1) is 0 Å². The second-order valence-corrected chi connectivity index (χ2v) is 6.85.